The third-order valence-corrected chi connectivity index (χ3v) is 4.86. The molecule has 1 amide bonds. The number of carbonyl (C=O) groups is 1. The van der Waals surface area contributed by atoms with Crippen LogP contribution in [0.3, 0.4) is 0 Å². The second-order valence-electron chi connectivity index (χ2n) is 6.94. The summed E-state index contributed by atoms with van der Waals surface area (Å²) in [7, 11) is 5.48. The molecule has 0 radical (unpaired) electrons. The van der Waals surface area contributed by atoms with Crippen molar-refractivity contribution in [2.24, 2.45) is 5.92 Å². The molecule has 1 saturated carbocycles. The summed E-state index contributed by atoms with van der Waals surface area (Å²) in [6, 6.07) is 9.18. The van der Waals surface area contributed by atoms with Crippen LogP contribution in [0.5, 0.6) is 5.75 Å². The van der Waals surface area contributed by atoms with Gasteiger partial charge in [0.25, 0.3) is 5.91 Å². The molecule has 1 fully saturated rings. The Hall–Kier alpha value is -2.60. The van der Waals surface area contributed by atoms with E-state index in [-0.39, 0.29) is 24.0 Å². The van der Waals surface area contributed by atoms with E-state index in [9.17, 15) is 9.90 Å². The fourth-order valence-corrected chi connectivity index (χ4v) is 3.24. The highest BCUT2D eigenvalue weighted by Gasteiger charge is 2.36. The van der Waals surface area contributed by atoms with E-state index in [4.69, 9.17) is 4.74 Å². The van der Waals surface area contributed by atoms with Gasteiger partial charge in [-0.2, -0.15) is 0 Å². The first-order chi connectivity index (χ1) is 12.5. The molecule has 1 aromatic carbocycles. The molecule has 1 aromatic heterocycles. The van der Waals surface area contributed by atoms with Crippen LogP contribution in [0.25, 0.3) is 0 Å². The number of aliphatic hydroxyl groups is 1. The molecule has 3 rings (SSSR count). The predicted molar refractivity (Wildman–Crippen MR) is 100 cm³/mol. The first-order valence-corrected chi connectivity index (χ1v) is 8.73. The Morgan fingerprint density at radius 3 is 2.73 bits per heavy atom. The lowest BCUT2D eigenvalue weighted by Crippen LogP contribution is -2.41. The quantitative estimate of drug-likeness (QED) is 0.832. The summed E-state index contributed by atoms with van der Waals surface area (Å²) >= 11 is 0. The number of methoxy groups -OCH3 is 1. The van der Waals surface area contributed by atoms with Gasteiger partial charge in [0, 0.05) is 31.5 Å². The summed E-state index contributed by atoms with van der Waals surface area (Å²) in [5.74, 6) is 0.694. The number of amides is 1. The highest BCUT2D eigenvalue weighted by atomic mass is 16.5. The number of aromatic nitrogens is 1. The Morgan fingerprint density at radius 2 is 2.08 bits per heavy atom. The normalized spacial score (nSPS) is 20.0. The molecule has 2 aromatic rings. The van der Waals surface area contributed by atoms with Crippen molar-refractivity contribution in [3.63, 3.8) is 0 Å². The van der Waals surface area contributed by atoms with E-state index in [2.05, 4.69) is 10.3 Å². The second kappa shape index (κ2) is 7.74. The van der Waals surface area contributed by atoms with Gasteiger partial charge in [0.2, 0.25) is 0 Å². The minimum atomic E-state index is -0.296. The Morgan fingerprint density at radius 1 is 1.31 bits per heavy atom. The van der Waals surface area contributed by atoms with Crippen LogP contribution in [-0.4, -0.2) is 43.3 Å². The van der Waals surface area contributed by atoms with Gasteiger partial charge >= 0.3 is 0 Å². The van der Waals surface area contributed by atoms with E-state index >= 15 is 0 Å². The SMILES string of the molecule is COc1cncc([C@@H](NC(=O)c2cccc(N(C)C)c2)C2CC(O)C2)c1. The number of anilines is 1. The number of benzene rings is 1. The maximum atomic E-state index is 12.8. The van der Waals surface area contributed by atoms with Gasteiger partial charge in [-0.3, -0.25) is 9.78 Å². The topological polar surface area (TPSA) is 74.7 Å². The van der Waals surface area contributed by atoms with Crippen molar-refractivity contribution in [3.05, 3.63) is 53.9 Å². The second-order valence-corrected chi connectivity index (χ2v) is 6.94. The fourth-order valence-electron chi connectivity index (χ4n) is 3.24. The van der Waals surface area contributed by atoms with Gasteiger partial charge in [0.1, 0.15) is 5.75 Å². The number of pyridine rings is 1. The summed E-state index contributed by atoms with van der Waals surface area (Å²) in [5, 5.41) is 12.8. The highest BCUT2D eigenvalue weighted by Crippen LogP contribution is 2.38. The molecule has 6 heteroatoms. The molecule has 0 unspecified atom stereocenters. The van der Waals surface area contributed by atoms with E-state index in [1.54, 1.807) is 25.6 Å². The zero-order valence-electron chi connectivity index (χ0n) is 15.3. The summed E-state index contributed by atoms with van der Waals surface area (Å²) in [5.41, 5.74) is 2.46. The Bertz CT molecular complexity index is 772. The fraction of sp³-hybridized carbons (Fsp3) is 0.400. The number of nitrogens with zero attached hydrogens (tertiary/aromatic N) is 2. The van der Waals surface area contributed by atoms with Crippen molar-refractivity contribution in [1.82, 2.24) is 10.3 Å². The lowest BCUT2D eigenvalue weighted by Gasteiger charge is -2.38. The molecule has 0 spiro atoms. The largest absolute Gasteiger partial charge is 0.495 e. The van der Waals surface area contributed by atoms with Gasteiger partial charge in [-0.05, 0) is 48.6 Å². The maximum absolute atomic E-state index is 12.8. The summed E-state index contributed by atoms with van der Waals surface area (Å²) in [4.78, 5) is 19.0. The van der Waals surface area contributed by atoms with Crippen LogP contribution in [0.15, 0.2) is 42.7 Å². The van der Waals surface area contributed by atoms with Gasteiger partial charge in [-0.1, -0.05) is 6.07 Å². The standard InChI is InChI=1S/C20H25N3O3/c1-23(2)16-6-4-5-13(7-16)20(25)22-19(14-8-17(24)9-14)15-10-18(26-3)12-21-11-15/h4-7,10-12,14,17,19,24H,8-9H2,1-3H3,(H,22,25)/t14?,17?,19-/m0/s1. The summed E-state index contributed by atoms with van der Waals surface area (Å²) < 4.78 is 5.26. The average Bonchev–Trinajstić information content (AvgIpc) is 2.63. The summed E-state index contributed by atoms with van der Waals surface area (Å²) in [6.45, 7) is 0. The maximum Gasteiger partial charge on any atom is 0.251 e. The predicted octanol–water partition coefficient (Wildman–Crippen LogP) is 2.40. The molecule has 0 aliphatic heterocycles. The number of aliphatic hydroxyl groups excluding tert-OH is 1. The molecule has 26 heavy (non-hydrogen) atoms. The van der Waals surface area contributed by atoms with Crippen molar-refractivity contribution >= 4 is 11.6 Å². The lowest BCUT2D eigenvalue weighted by atomic mass is 9.75. The van der Waals surface area contributed by atoms with Crippen molar-refractivity contribution in [3.8, 4) is 5.75 Å². The molecule has 1 aliphatic carbocycles. The van der Waals surface area contributed by atoms with Crippen molar-refractivity contribution < 1.29 is 14.6 Å². The molecule has 6 nitrogen and oxygen atoms in total. The number of rotatable bonds is 6. The van der Waals surface area contributed by atoms with Crippen LogP contribution in [0.4, 0.5) is 5.69 Å². The number of nitrogens with one attached hydrogen (secondary N) is 1. The molecule has 0 saturated heterocycles. The number of hydrogen-bond donors (Lipinski definition) is 2. The first kappa shape index (κ1) is 18.2. The van der Waals surface area contributed by atoms with Gasteiger partial charge in [0.05, 0.1) is 25.5 Å². The van der Waals surface area contributed by atoms with Crippen LogP contribution in [0.1, 0.15) is 34.8 Å². The van der Waals surface area contributed by atoms with Crippen molar-refractivity contribution in [1.29, 1.82) is 0 Å². The molecular formula is C20H25N3O3. The highest BCUT2D eigenvalue weighted by molar-refractivity contribution is 5.95. The van der Waals surface area contributed by atoms with Crippen LogP contribution >= 0.6 is 0 Å². The van der Waals surface area contributed by atoms with Crippen molar-refractivity contribution in [2.45, 2.75) is 25.0 Å². The molecule has 1 atom stereocenters. The van der Waals surface area contributed by atoms with Crippen LogP contribution in [0.2, 0.25) is 0 Å². The molecule has 1 aliphatic rings. The Balaban J connectivity index is 1.83. The van der Waals surface area contributed by atoms with Crippen molar-refractivity contribution in [2.75, 3.05) is 26.1 Å². The molecule has 138 valence electrons. The van der Waals surface area contributed by atoms with E-state index in [1.165, 1.54) is 0 Å². The smallest absolute Gasteiger partial charge is 0.251 e. The average molecular weight is 355 g/mol. The molecule has 2 N–H and O–H groups in total. The van der Waals surface area contributed by atoms with Gasteiger partial charge in [-0.25, -0.2) is 0 Å². The zero-order chi connectivity index (χ0) is 18.7. The molecular weight excluding hydrogens is 330 g/mol. The summed E-state index contributed by atoms with van der Waals surface area (Å²) in [6.07, 6.45) is 4.42. The van der Waals surface area contributed by atoms with Gasteiger partial charge in [0.15, 0.2) is 0 Å². The zero-order valence-corrected chi connectivity index (χ0v) is 15.3. The number of ether oxygens (including phenoxy) is 1. The van der Waals surface area contributed by atoms with Gasteiger partial charge < -0.3 is 20.1 Å². The molecule has 0 bridgehead atoms. The molecule has 1 heterocycles. The lowest BCUT2D eigenvalue weighted by molar-refractivity contribution is 0.0234. The van der Waals surface area contributed by atoms with E-state index in [0.29, 0.717) is 24.2 Å². The van der Waals surface area contributed by atoms with E-state index in [0.717, 1.165) is 11.3 Å². The van der Waals surface area contributed by atoms with Gasteiger partial charge in [-0.15, -0.1) is 0 Å². The first-order valence-electron chi connectivity index (χ1n) is 8.73. The Labute approximate surface area is 153 Å². The third kappa shape index (κ3) is 3.96. The number of hydrogen-bond acceptors (Lipinski definition) is 5. The van der Waals surface area contributed by atoms with E-state index in [1.807, 2.05) is 43.3 Å². The monoisotopic (exact) mass is 355 g/mol. The minimum absolute atomic E-state index is 0.136. The Kier molecular flexibility index (Phi) is 5.42. The van der Waals surface area contributed by atoms with E-state index < -0.39 is 0 Å². The third-order valence-electron chi connectivity index (χ3n) is 4.86. The van der Waals surface area contributed by atoms with Crippen LogP contribution in [0, 0.1) is 5.92 Å². The number of carbonyl (C=O) groups excluding carboxylic acids is 1. The van der Waals surface area contributed by atoms with Crippen LogP contribution < -0.4 is 15.0 Å². The minimum Gasteiger partial charge on any atom is -0.495 e. The van der Waals surface area contributed by atoms with Crippen LogP contribution in [-0.2, 0) is 0 Å².